The van der Waals surface area contributed by atoms with Gasteiger partial charge < -0.3 is 25.4 Å². The Kier molecular flexibility index (Phi) is 8.19. The number of carbonyl (C=O) groups excluding carboxylic acids is 2. The first-order valence-electron chi connectivity index (χ1n) is 10.5. The van der Waals surface area contributed by atoms with Crippen molar-refractivity contribution < 1.29 is 32.2 Å². The van der Waals surface area contributed by atoms with Crippen LogP contribution in [0.5, 0.6) is 11.5 Å². The average molecular weight is 487 g/mol. The molecule has 0 saturated heterocycles. The summed E-state index contributed by atoms with van der Waals surface area (Å²) in [7, 11) is 2.94. The number of ether oxygens (including phenoxy) is 2. The fourth-order valence-electron chi connectivity index (χ4n) is 3.25. The maximum absolute atomic E-state index is 13.0. The summed E-state index contributed by atoms with van der Waals surface area (Å²) in [6.07, 6.45) is -4.33. The number of carbonyl (C=O) groups is 2. The Balaban J connectivity index is 1.75. The van der Waals surface area contributed by atoms with Crippen molar-refractivity contribution >= 4 is 23.3 Å². The second-order valence-electron chi connectivity index (χ2n) is 7.47. The number of benzene rings is 3. The van der Waals surface area contributed by atoms with Crippen LogP contribution in [0.4, 0.5) is 29.3 Å². The molecule has 3 rings (SSSR count). The van der Waals surface area contributed by atoms with E-state index < -0.39 is 29.7 Å². The maximum Gasteiger partial charge on any atom is 0.416 e. The number of methoxy groups -OCH3 is 2. The lowest BCUT2D eigenvalue weighted by Crippen LogP contribution is -2.47. The number of nitrogens with one attached hydrogen (secondary N) is 3. The fourth-order valence-corrected chi connectivity index (χ4v) is 3.25. The zero-order chi connectivity index (χ0) is 25.4. The normalized spacial score (nSPS) is 11.8. The molecule has 1 atom stereocenters. The number of alkyl halides is 3. The van der Waals surface area contributed by atoms with Gasteiger partial charge in [0.2, 0.25) is 5.91 Å². The molecular formula is C25H24F3N3O4. The van der Waals surface area contributed by atoms with Gasteiger partial charge in [-0.3, -0.25) is 4.79 Å². The van der Waals surface area contributed by atoms with Crippen molar-refractivity contribution in [3.63, 3.8) is 0 Å². The second-order valence-corrected chi connectivity index (χ2v) is 7.47. The molecule has 0 aliphatic heterocycles. The van der Waals surface area contributed by atoms with E-state index in [4.69, 9.17) is 9.47 Å². The Hall–Kier alpha value is -4.21. The van der Waals surface area contributed by atoms with Crippen molar-refractivity contribution in [3.8, 4) is 11.5 Å². The van der Waals surface area contributed by atoms with Gasteiger partial charge >= 0.3 is 12.2 Å². The Morgan fingerprint density at radius 1 is 0.886 bits per heavy atom. The van der Waals surface area contributed by atoms with Gasteiger partial charge in [-0.25, -0.2) is 4.79 Å². The number of hydrogen-bond donors (Lipinski definition) is 3. The SMILES string of the molecule is COc1ccc(NC(=O)NC(Cc2ccccc2)C(=O)Nc2ccc(C(F)(F)F)cc2)c(OC)c1. The predicted molar refractivity (Wildman–Crippen MR) is 126 cm³/mol. The first-order chi connectivity index (χ1) is 16.7. The topological polar surface area (TPSA) is 88.7 Å². The predicted octanol–water partition coefficient (Wildman–Crippen LogP) is 5.09. The summed E-state index contributed by atoms with van der Waals surface area (Å²) in [5.74, 6) is 0.296. The lowest BCUT2D eigenvalue weighted by Gasteiger charge is -2.20. The van der Waals surface area contributed by atoms with Gasteiger partial charge in [0.05, 0.1) is 25.5 Å². The van der Waals surface area contributed by atoms with Crippen LogP contribution in [-0.4, -0.2) is 32.2 Å². The molecule has 0 heterocycles. The second kappa shape index (κ2) is 11.3. The van der Waals surface area contributed by atoms with Crippen LogP contribution in [0.2, 0.25) is 0 Å². The Morgan fingerprint density at radius 3 is 2.17 bits per heavy atom. The van der Waals surface area contributed by atoms with Gasteiger partial charge in [0.15, 0.2) is 0 Å². The van der Waals surface area contributed by atoms with Crippen LogP contribution >= 0.6 is 0 Å². The van der Waals surface area contributed by atoms with E-state index in [1.165, 1.54) is 14.2 Å². The van der Waals surface area contributed by atoms with E-state index in [0.29, 0.717) is 17.2 Å². The lowest BCUT2D eigenvalue weighted by atomic mass is 10.1. The zero-order valence-corrected chi connectivity index (χ0v) is 19.0. The van der Waals surface area contributed by atoms with Crippen molar-refractivity contribution in [1.29, 1.82) is 0 Å². The van der Waals surface area contributed by atoms with Crippen molar-refractivity contribution in [2.45, 2.75) is 18.6 Å². The number of amides is 3. The standard InChI is InChI=1S/C25H24F3N3O4/c1-34-19-12-13-20(22(15-19)35-2)30-24(33)31-21(14-16-6-4-3-5-7-16)23(32)29-18-10-8-17(9-11-18)25(26,27)28/h3-13,15,21H,14H2,1-2H3,(H,29,32)(H2,30,31,33). The van der Waals surface area contributed by atoms with Crippen LogP contribution in [0.1, 0.15) is 11.1 Å². The van der Waals surface area contributed by atoms with Crippen LogP contribution in [0.15, 0.2) is 72.8 Å². The summed E-state index contributed by atoms with van der Waals surface area (Å²) in [6, 6.07) is 16.2. The minimum Gasteiger partial charge on any atom is -0.497 e. The lowest BCUT2D eigenvalue weighted by molar-refractivity contribution is -0.137. The molecule has 3 amide bonds. The highest BCUT2D eigenvalue weighted by Gasteiger charge is 2.30. The molecule has 0 aliphatic rings. The maximum atomic E-state index is 13.0. The van der Waals surface area contributed by atoms with Crippen molar-refractivity contribution in [3.05, 3.63) is 83.9 Å². The molecule has 1 unspecified atom stereocenters. The van der Waals surface area contributed by atoms with Crippen LogP contribution in [-0.2, 0) is 17.4 Å². The molecule has 0 aromatic heterocycles. The molecule has 0 spiro atoms. The molecule has 0 aliphatic carbocycles. The third kappa shape index (κ3) is 7.13. The van der Waals surface area contributed by atoms with E-state index in [2.05, 4.69) is 16.0 Å². The zero-order valence-electron chi connectivity index (χ0n) is 19.0. The summed E-state index contributed by atoms with van der Waals surface area (Å²) in [4.78, 5) is 25.7. The van der Waals surface area contributed by atoms with Crippen LogP contribution in [0.3, 0.4) is 0 Å². The third-order valence-corrected chi connectivity index (χ3v) is 5.04. The minimum atomic E-state index is -4.49. The number of hydrogen-bond acceptors (Lipinski definition) is 4. The van der Waals surface area contributed by atoms with Gasteiger partial charge in [0, 0.05) is 18.2 Å². The van der Waals surface area contributed by atoms with Gasteiger partial charge in [-0.2, -0.15) is 13.2 Å². The molecular weight excluding hydrogens is 463 g/mol. The third-order valence-electron chi connectivity index (χ3n) is 5.04. The van der Waals surface area contributed by atoms with E-state index in [0.717, 1.165) is 29.8 Å². The molecule has 3 aromatic carbocycles. The highest BCUT2D eigenvalue weighted by atomic mass is 19.4. The number of halogens is 3. The largest absolute Gasteiger partial charge is 0.497 e. The molecule has 10 heteroatoms. The highest BCUT2D eigenvalue weighted by Crippen LogP contribution is 2.30. The van der Waals surface area contributed by atoms with Gasteiger partial charge in [-0.05, 0) is 42.0 Å². The molecule has 3 aromatic rings. The van der Waals surface area contributed by atoms with Crippen molar-refractivity contribution in [1.82, 2.24) is 5.32 Å². The van der Waals surface area contributed by atoms with Crippen LogP contribution in [0.25, 0.3) is 0 Å². The Morgan fingerprint density at radius 2 is 1.57 bits per heavy atom. The highest BCUT2D eigenvalue weighted by molar-refractivity contribution is 5.99. The van der Waals surface area contributed by atoms with Gasteiger partial charge in [-0.1, -0.05) is 30.3 Å². The molecule has 184 valence electrons. The van der Waals surface area contributed by atoms with E-state index >= 15 is 0 Å². The van der Waals surface area contributed by atoms with Gasteiger partial charge in [0.1, 0.15) is 17.5 Å². The number of urea groups is 1. The van der Waals surface area contributed by atoms with Crippen LogP contribution in [0, 0.1) is 0 Å². The smallest absolute Gasteiger partial charge is 0.416 e. The molecule has 0 saturated carbocycles. The van der Waals surface area contributed by atoms with Gasteiger partial charge in [0.25, 0.3) is 0 Å². The molecule has 35 heavy (non-hydrogen) atoms. The van der Waals surface area contributed by atoms with E-state index in [9.17, 15) is 22.8 Å². The van der Waals surface area contributed by atoms with Crippen molar-refractivity contribution in [2.75, 3.05) is 24.9 Å². The monoisotopic (exact) mass is 487 g/mol. The van der Waals surface area contributed by atoms with Crippen molar-refractivity contribution in [2.24, 2.45) is 0 Å². The summed E-state index contributed by atoms with van der Waals surface area (Å²) in [6.45, 7) is 0. The molecule has 0 bridgehead atoms. The van der Waals surface area contributed by atoms with E-state index in [-0.39, 0.29) is 12.1 Å². The molecule has 3 N–H and O–H groups in total. The first-order valence-corrected chi connectivity index (χ1v) is 10.5. The summed E-state index contributed by atoms with van der Waals surface area (Å²) in [5, 5.41) is 7.81. The fraction of sp³-hybridized carbons (Fsp3) is 0.200. The Bertz CT molecular complexity index is 1150. The van der Waals surface area contributed by atoms with Crippen LogP contribution < -0.4 is 25.4 Å². The minimum absolute atomic E-state index is 0.153. The van der Waals surface area contributed by atoms with E-state index in [1.54, 1.807) is 42.5 Å². The number of rotatable bonds is 8. The molecule has 0 fully saturated rings. The first kappa shape index (κ1) is 25.4. The van der Waals surface area contributed by atoms with E-state index in [1.807, 2.05) is 6.07 Å². The summed E-state index contributed by atoms with van der Waals surface area (Å²) in [5.41, 5.74) is 0.470. The summed E-state index contributed by atoms with van der Waals surface area (Å²) >= 11 is 0. The Labute approximate surface area is 200 Å². The van der Waals surface area contributed by atoms with Gasteiger partial charge in [-0.15, -0.1) is 0 Å². The average Bonchev–Trinajstić information content (AvgIpc) is 2.84. The quantitative estimate of drug-likeness (QED) is 0.413. The number of anilines is 2. The molecule has 0 radical (unpaired) electrons. The summed E-state index contributed by atoms with van der Waals surface area (Å²) < 4.78 is 48.8. The molecule has 7 nitrogen and oxygen atoms in total.